The van der Waals surface area contributed by atoms with Crippen LogP contribution in [0.15, 0.2) is 35.5 Å². The number of halogens is 3. The predicted octanol–water partition coefficient (Wildman–Crippen LogP) is 4.60. The predicted molar refractivity (Wildman–Crippen MR) is 117 cm³/mol. The molecular formula is C20H21ClF2N4O3S. The highest BCUT2D eigenvalue weighted by Gasteiger charge is 2.67. The fourth-order valence-electron chi connectivity index (χ4n) is 3.89. The molecular weight excluding hydrogens is 450 g/mol. The summed E-state index contributed by atoms with van der Waals surface area (Å²) in [5.41, 5.74) is 2.29. The zero-order chi connectivity index (χ0) is 22.8. The Morgan fingerprint density at radius 3 is 2.65 bits per heavy atom. The highest BCUT2D eigenvalue weighted by Crippen LogP contribution is 2.73. The van der Waals surface area contributed by atoms with Crippen molar-refractivity contribution in [3.05, 3.63) is 58.1 Å². The van der Waals surface area contributed by atoms with E-state index in [4.69, 9.17) is 17.3 Å². The number of anilines is 1. The number of nitrogens with zero attached hydrogens (tertiary/aromatic N) is 2. The molecule has 1 aliphatic heterocycles. The summed E-state index contributed by atoms with van der Waals surface area (Å²) >= 11 is 5.86. The fraction of sp³-hybridized carbons (Fsp3) is 0.350. The first kappa shape index (κ1) is 21.9. The van der Waals surface area contributed by atoms with Gasteiger partial charge in [0.2, 0.25) is 5.50 Å². The van der Waals surface area contributed by atoms with E-state index < -0.39 is 38.1 Å². The Balaban J connectivity index is 1.71. The van der Waals surface area contributed by atoms with Gasteiger partial charge in [-0.25, -0.2) is 13.8 Å². The van der Waals surface area contributed by atoms with Gasteiger partial charge in [-0.3, -0.25) is 18.9 Å². The maximum Gasteiger partial charge on any atom is 0.274 e. The number of amidine groups is 1. The van der Waals surface area contributed by atoms with Crippen molar-refractivity contribution < 1.29 is 22.7 Å². The Kier molecular flexibility index (Phi) is 5.04. The van der Waals surface area contributed by atoms with Crippen LogP contribution in [0.5, 0.6) is 0 Å². The van der Waals surface area contributed by atoms with Gasteiger partial charge in [0.05, 0.1) is 5.02 Å². The summed E-state index contributed by atoms with van der Waals surface area (Å²) in [6.45, 7) is 2.92. The summed E-state index contributed by atoms with van der Waals surface area (Å²) in [6.07, 6.45) is 1.95. The number of amides is 1. The molecule has 0 radical (unpaired) electrons. The first-order chi connectivity index (χ1) is 14.4. The van der Waals surface area contributed by atoms with Crippen LogP contribution in [0.25, 0.3) is 0 Å². The lowest BCUT2D eigenvalue weighted by Gasteiger charge is -2.51. The quantitative estimate of drug-likeness (QED) is 0.522. The molecule has 2 aromatic rings. The number of benzene rings is 1. The number of carbonyl (C=O) groups excluding carboxylic acids is 1. The summed E-state index contributed by atoms with van der Waals surface area (Å²) in [5.74, 6) is -1.48. The van der Waals surface area contributed by atoms with Gasteiger partial charge in [0, 0.05) is 17.4 Å². The molecule has 1 amide bonds. The number of aliphatic imine (C=N–C) groups is 1. The number of pyridine rings is 1. The second kappa shape index (κ2) is 7.13. The van der Waals surface area contributed by atoms with Gasteiger partial charge in [-0.1, -0.05) is 11.6 Å². The lowest BCUT2D eigenvalue weighted by molar-refractivity contribution is 0.102. The molecule has 2 atom stereocenters. The van der Waals surface area contributed by atoms with Crippen LogP contribution >= 0.6 is 22.2 Å². The van der Waals surface area contributed by atoms with Gasteiger partial charge in [0.15, 0.2) is 0 Å². The fourth-order valence-corrected chi connectivity index (χ4v) is 6.37. The van der Waals surface area contributed by atoms with E-state index in [2.05, 4.69) is 15.3 Å². The lowest BCUT2D eigenvalue weighted by atomic mass is 9.92. The second-order valence-corrected chi connectivity index (χ2v) is 10.8. The molecule has 0 unspecified atom stereocenters. The topological polar surface area (TPSA) is 121 Å². The number of hydrogen-bond acceptors (Lipinski definition) is 6. The average molecular weight is 471 g/mol. The van der Waals surface area contributed by atoms with Gasteiger partial charge < -0.3 is 11.1 Å². The highest BCUT2D eigenvalue weighted by molar-refractivity contribution is 8.26. The van der Waals surface area contributed by atoms with Crippen LogP contribution in [0.3, 0.4) is 0 Å². The molecule has 1 spiro atoms. The number of alkyl halides is 1. The SMILES string of the molecule is Cc1cc(Cl)cnc1C(=O)Nc1ccc(F)c([C@@]2(C)N=C(N)C3(CC3)S(O)(O)[C@@H]2F)c1. The van der Waals surface area contributed by atoms with Gasteiger partial charge >= 0.3 is 0 Å². The maximum absolute atomic E-state index is 15.4. The van der Waals surface area contributed by atoms with Crippen LogP contribution in [0.4, 0.5) is 14.5 Å². The standard InChI is InChI=1S/C20H21ClF2N4O3S/c1-10-7-11(21)9-25-15(10)16(28)26-12-3-4-14(22)13(8-12)19(2)17(23)31(29,30)20(5-6-20)18(24)27-19/h3-4,7-9,17,29-30H,5-6H2,1-2H3,(H2,24,27)(H,26,28)/t17-,19+/m0/s1. The zero-order valence-corrected chi connectivity index (χ0v) is 18.3. The molecule has 0 bridgehead atoms. The maximum atomic E-state index is 15.4. The number of hydrogen-bond donors (Lipinski definition) is 4. The summed E-state index contributed by atoms with van der Waals surface area (Å²) in [7, 11) is -3.84. The molecule has 7 nitrogen and oxygen atoms in total. The van der Waals surface area contributed by atoms with E-state index >= 15 is 4.39 Å². The monoisotopic (exact) mass is 470 g/mol. The third-order valence-corrected chi connectivity index (χ3v) is 8.87. The van der Waals surface area contributed by atoms with Crippen molar-refractivity contribution >= 4 is 39.6 Å². The number of nitrogens with one attached hydrogen (secondary N) is 1. The van der Waals surface area contributed by atoms with E-state index in [-0.39, 0.29) is 22.8 Å². The Bertz CT molecular complexity index is 1130. The van der Waals surface area contributed by atoms with Crippen molar-refractivity contribution in [3.8, 4) is 0 Å². The van der Waals surface area contributed by atoms with Crippen LogP contribution < -0.4 is 11.1 Å². The van der Waals surface area contributed by atoms with Gasteiger partial charge in [0.25, 0.3) is 5.91 Å². The minimum absolute atomic E-state index is 0.0984. The Hall–Kier alpha value is -2.27. The van der Waals surface area contributed by atoms with Crippen molar-refractivity contribution in [2.75, 3.05) is 5.32 Å². The minimum atomic E-state index is -3.84. The van der Waals surface area contributed by atoms with Gasteiger partial charge in [-0.2, -0.15) is 0 Å². The number of carbonyl (C=O) groups is 1. The van der Waals surface area contributed by atoms with Crippen LogP contribution in [0.2, 0.25) is 5.02 Å². The summed E-state index contributed by atoms with van der Waals surface area (Å²) < 4.78 is 50.1. The Labute approximate surface area is 184 Å². The van der Waals surface area contributed by atoms with Crippen LogP contribution in [0.1, 0.15) is 41.4 Å². The molecule has 1 saturated carbocycles. The normalized spacial score (nSPS) is 26.8. The van der Waals surface area contributed by atoms with Crippen molar-refractivity contribution in [1.29, 1.82) is 0 Å². The molecule has 11 heteroatoms. The van der Waals surface area contributed by atoms with E-state index in [1.54, 1.807) is 13.0 Å². The first-order valence-electron chi connectivity index (χ1n) is 9.42. The van der Waals surface area contributed by atoms with E-state index in [1.165, 1.54) is 25.3 Å². The number of aryl methyl sites for hydroxylation is 1. The molecule has 166 valence electrons. The molecule has 0 saturated heterocycles. The third kappa shape index (κ3) is 3.29. The van der Waals surface area contributed by atoms with E-state index in [9.17, 15) is 18.3 Å². The van der Waals surface area contributed by atoms with E-state index in [1.807, 2.05) is 0 Å². The molecule has 2 aliphatic rings. The number of aromatic nitrogens is 1. The van der Waals surface area contributed by atoms with Crippen molar-refractivity contribution in [2.24, 2.45) is 10.7 Å². The van der Waals surface area contributed by atoms with Crippen molar-refractivity contribution in [1.82, 2.24) is 4.98 Å². The highest BCUT2D eigenvalue weighted by atomic mass is 35.5. The van der Waals surface area contributed by atoms with Crippen LogP contribution in [-0.2, 0) is 5.54 Å². The second-order valence-electron chi connectivity index (χ2n) is 8.02. The lowest BCUT2D eigenvalue weighted by Crippen LogP contribution is -2.52. The number of rotatable bonds is 3. The van der Waals surface area contributed by atoms with Gasteiger partial charge in [0.1, 0.15) is 27.6 Å². The zero-order valence-electron chi connectivity index (χ0n) is 16.7. The van der Waals surface area contributed by atoms with Gasteiger partial charge in [-0.05, 0) is 56.5 Å². The molecule has 5 N–H and O–H groups in total. The summed E-state index contributed by atoms with van der Waals surface area (Å²) in [4.78, 5) is 20.8. The van der Waals surface area contributed by atoms with Gasteiger partial charge in [-0.15, -0.1) is 10.6 Å². The Morgan fingerprint density at radius 2 is 2.03 bits per heavy atom. The Morgan fingerprint density at radius 1 is 1.35 bits per heavy atom. The largest absolute Gasteiger partial charge is 0.386 e. The first-order valence-corrected chi connectivity index (χ1v) is 11.4. The number of nitrogens with two attached hydrogens (primary N) is 1. The van der Waals surface area contributed by atoms with E-state index in [0.29, 0.717) is 23.4 Å². The summed E-state index contributed by atoms with van der Waals surface area (Å²) in [5, 5.41) is 2.96. The molecule has 31 heavy (non-hydrogen) atoms. The minimum Gasteiger partial charge on any atom is -0.386 e. The molecule has 4 rings (SSSR count). The average Bonchev–Trinajstić information content (AvgIpc) is 3.50. The van der Waals surface area contributed by atoms with Crippen molar-refractivity contribution in [2.45, 2.75) is 42.5 Å². The smallest absolute Gasteiger partial charge is 0.274 e. The molecule has 1 aromatic carbocycles. The molecule has 2 heterocycles. The third-order valence-electron chi connectivity index (χ3n) is 5.86. The molecule has 1 fully saturated rings. The van der Waals surface area contributed by atoms with Crippen LogP contribution in [0, 0.1) is 12.7 Å². The molecule has 1 aliphatic carbocycles. The van der Waals surface area contributed by atoms with E-state index in [0.717, 1.165) is 6.07 Å². The summed E-state index contributed by atoms with van der Waals surface area (Å²) in [6, 6.07) is 5.13. The van der Waals surface area contributed by atoms with Crippen molar-refractivity contribution in [3.63, 3.8) is 0 Å². The molecule has 1 aromatic heterocycles. The van der Waals surface area contributed by atoms with Crippen LogP contribution in [-0.4, -0.2) is 36.1 Å².